The van der Waals surface area contributed by atoms with Crippen molar-refractivity contribution < 1.29 is 4.52 Å². The third kappa shape index (κ3) is 4.03. The summed E-state index contributed by atoms with van der Waals surface area (Å²) in [6.07, 6.45) is 6.10. The number of hydrogen-bond donors (Lipinski definition) is 1. The number of hydrogen-bond acceptors (Lipinski definition) is 4. The van der Waals surface area contributed by atoms with Gasteiger partial charge in [-0.15, -0.1) is 0 Å². The van der Waals surface area contributed by atoms with Gasteiger partial charge >= 0.3 is 0 Å². The maximum Gasteiger partial charge on any atom is 0.193 e. The van der Waals surface area contributed by atoms with Crippen LogP contribution in [0.1, 0.15) is 41.8 Å². The highest BCUT2D eigenvalue weighted by molar-refractivity contribution is 5.80. The molecule has 1 atom stereocenters. The molecule has 0 radical (unpaired) electrons. The molecule has 0 aliphatic carbocycles. The fourth-order valence-electron chi connectivity index (χ4n) is 3.43. The predicted molar refractivity (Wildman–Crippen MR) is 97.8 cm³/mol. The molecule has 7 nitrogen and oxygen atoms in total. The topological polar surface area (TPSA) is 71.5 Å². The van der Waals surface area contributed by atoms with Gasteiger partial charge in [-0.1, -0.05) is 5.16 Å². The van der Waals surface area contributed by atoms with Gasteiger partial charge in [0.2, 0.25) is 0 Å². The van der Waals surface area contributed by atoms with Crippen LogP contribution in [-0.2, 0) is 13.5 Å². The molecule has 1 unspecified atom stereocenters. The van der Waals surface area contributed by atoms with E-state index in [1.54, 1.807) is 0 Å². The molecule has 1 aliphatic heterocycles. The lowest BCUT2D eigenvalue weighted by Gasteiger charge is -2.21. The van der Waals surface area contributed by atoms with E-state index in [4.69, 9.17) is 9.52 Å². The Morgan fingerprint density at radius 1 is 1.44 bits per heavy atom. The molecule has 0 aromatic carbocycles. The Hall–Kier alpha value is -2.31. The quantitative estimate of drug-likeness (QED) is 0.664. The van der Waals surface area contributed by atoms with Gasteiger partial charge in [0.05, 0.1) is 11.9 Å². The lowest BCUT2D eigenvalue weighted by Crippen LogP contribution is -2.40. The largest absolute Gasteiger partial charge is 0.361 e. The highest BCUT2D eigenvalue weighted by Gasteiger charge is 2.26. The van der Waals surface area contributed by atoms with Crippen LogP contribution in [0, 0.1) is 13.8 Å². The molecule has 3 rings (SSSR count). The van der Waals surface area contributed by atoms with Gasteiger partial charge in [-0.2, -0.15) is 5.10 Å². The van der Waals surface area contributed by atoms with Gasteiger partial charge in [0.25, 0.3) is 0 Å². The van der Waals surface area contributed by atoms with Crippen LogP contribution < -0.4 is 5.32 Å². The molecule has 2 aromatic heterocycles. The Morgan fingerprint density at radius 2 is 2.28 bits per heavy atom. The number of nitrogens with one attached hydrogen (secondary N) is 1. The SMILES string of the molecule is CCNC(=NCCc1c(C)noc1C)N1CCC(c2cnn(C)c2)C1. The maximum atomic E-state index is 5.23. The third-order valence-corrected chi connectivity index (χ3v) is 4.82. The van der Waals surface area contributed by atoms with Crippen LogP contribution in [0.2, 0.25) is 0 Å². The van der Waals surface area contributed by atoms with Crippen LogP contribution in [0.5, 0.6) is 0 Å². The lowest BCUT2D eigenvalue weighted by atomic mass is 10.0. The molecule has 7 heteroatoms. The van der Waals surface area contributed by atoms with E-state index in [1.807, 2.05) is 31.8 Å². The lowest BCUT2D eigenvalue weighted by molar-refractivity contribution is 0.392. The van der Waals surface area contributed by atoms with Gasteiger partial charge in [-0.05, 0) is 39.2 Å². The standard InChI is InChI=1S/C18H28N6O/c1-5-19-18(20-8-6-17-13(2)22-25-14(17)3)24-9-7-15(12-24)16-10-21-23(4)11-16/h10-11,15H,5-9,12H2,1-4H3,(H,19,20). The van der Waals surface area contributed by atoms with Crippen LogP contribution in [0.15, 0.2) is 21.9 Å². The molecule has 2 aromatic rings. The Morgan fingerprint density at radius 3 is 2.92 bits per heavy atom. The summed E-state index contributed by atoms with van der Waals surface area (Å²) in [5.74, 6) is 2.43. The zero-order valence-electron chi connectivity index (χ0n) is 15.6. The Bertz CT molecular complexity index is 712. The van der Waals surface area contributed by atoms with Crippen LogP contribution in [0.3, 0.4) is 0 Å². The van der Waals surface area contributed by atoms with E-state index in [9.17, 15) is 0 Å². The van der Waals surface area contributed by atoms with E-state index in [1.165, 1.54) is 11.1 Å². The summed E-state index contributed by atoms with van der Waals surface area (Å²) >= 11 is 0. The third-order valence-electron chi connectivity index (χ3n) is 4.82. The van der Waals surface area contributed by atoms with Crippen molar-refractivity contribution in [2.24, 2.45) is 12.0 Å². The first-order valence-electron chi connectivity index (χ1n) is 9.02. The minimum atomic E-state index is 0.528. The van der Waals surface area contributed by atoms with Crippen molar-refractivity contribution in [3.8, 4) is 0 Å². The van der Waals surface area contributed by atoms with Gasteiger partial charge in [0.1, 0.15) is 5.76 Å². The smallest absolute Gasteiger partial charge is 0.193 e. The van der Waals surface area contributed by atoms with Gasteiger partial charge in [0, 0.05) is 50.9 Å². The Kier molecular flexibility index (Phi) is 5.40. The molecule has 1 aliphatic rings. The molecule has 136 valence electrons. The van der Waals surface area contributed by atoms with Gasteiger partial charge in [0.15, 0.2) is 5.96 Å². The van der Waals surface area contributed by atoms with E-state index in [0.717, 1.165) is 56.4 Å². The minimum Gasteiger partial charge on any atom is -0.361 e. The molecule has 1 saturated heterocycles. The second-order valence-corrected chi connectivity index (χ2v) is 6.67. The van der Waals surface area contributed by atoms with Crippen molar-refractivity contribution in [2.75, 3.05) is 26.2 Å². The Labute approximate surface area is 149 Å². The van der Waals surface area contributed by atoms with E-state index >= 15 is 0 Å². The molecule has 1 N–H and O–H groups in total. The van der Waals surface area contributed by atoms with Crippen LogP contribution in [0.25, 0.3) is 0 Å². The average molecular weight is 344 g/mol. The van der Waals surface area contributed by atoms with Crippen molar-refractivity contribution in [1.82, 2.24) is 25.2 Å². The number of rotatable bonds is 5. The molecule has 0 saturated carbocycles. The zero-order valence-corrected chi connectivity index (χ0v) is 15.6. The number of aromatic nitrogens is 3. The van der Waals surface area contributed by atoms with Crippen molar-refractivity contribution in [1.29, 1.82) is 0 Å². The molecule has 3 heterocycles. The minimum absolute atomic E-state index is 0.528. The summed E-state index contributed by atoms with van der Waals surface area (Å²) in [5, 5.41) is 11.7. The summed E-state index contributed by atoms with van der Waals surface area (Å²) < 4.78 is 7.11. The molecule has 0 spiro atoms. The van der Waals surface area contributed by atoms with Gasteiger partial charge in [-0.25, -0.2) is 0 Å². The number of guanidine groups is 1. The monoisotopic (exact) mass is 344 g/mol. The Balaban J connectivity index is 1.62. The molecule has 1 fully saturated rings. The van der Waals surface area contributed by atoms with E-state index in [-0.39, 0.29) is 0 Å². The summed E-state index contributed by atoms with van der Waals surface area (Å²) in [6, 6.07) is 0. The highest BCUT2D eigenvalue weighted by Crippen LogP contribution is 2.26. The predicted octanol–water partition coefficient (Wildman–Crippen LogP) is 2.02. The van der Waals surface area contributed by atoms with E-state index < -0.39 is 0 Å². The summed E-state index contributed by atoms with van der Waals surface area (Å²) in [5.41, 5.74) is 3.46. The molecule has 0 amide bonds. The summed E-state index contributed by atoms with van der Waals surface area (Å²) in [7, 11) is 1.97. The highest BCUT2D eigenvalue weighted by atomic mass is 16.5. The summed E-state index contributed by atoms with van der Waals surface area (Å²) in [6.45, 7) is 9.68. The number of aliphatic imine (C=N–C) groups is 1. The number of likely N-dealkylation sites (tertiary alicyclic amines) is 1. The fourth-order valence-corrected chi connectivity index (χ4v) is 3.43. The zero-order chi connectivity index (χ0) is 17.8. The van der Waals surface area contributed by atoms with Crippen LogP contribution in [-0.4, -0.2) is 52.0 Å². The molecule has 0 bridgehead atoms. The first-order valence-corrected chi connectivity index (χ1v) is 9.02. The van der Waals surface area contributed by atoms with Gasteiger partial charge < -0.3 is 14.7 Å². The van der Waals surface area contributed by atoms with Crippen molar-refractivity contribution in [3.63, 3.8) is 0 Å². The van der Waals surface area contributed by atoms with Gasteiger partial charge in [-0.3, -0.25) is 9.67 Å². The van der Waals surface area contributed by atoms with E-state index in [0.29, 0.717) is 5.92 Å². The number of nitrogens with zero attached hydrogens (tertiary/aromatic N) is 5. The molecular formula is C18H28N6O. The fraction of sp³-hybridized carbons (Fsp3) is 0.611. The van der Waals surface area contributed by atoms with Crippen LogP contribution in [0.4, 0.5) is 0 Å². The van der Waals surface area contributed by atoms with Crippen molar-refractivity contribution in [2.45, 2.75) is 39.5 Å². The average Bonchev–Trinajstić information content (AvgIpc) is 3.30. The first kappa shape index (κ1) is 17.5. The second-order valence-electron chi connectivity index (χ2n) is 6.67. The summed E-state index contributed by atoms with van der Waals surface area (Å²) in [4.78, 5) is 7.18. The first-order chi connectivity index (χ1) is 12.1. The van der Waals surface area contributed by atoms with Crippen molar-refractivity contribution in [3.05, 3.63) is 35.0 Å². The maximum absolute atomic E-state index is 5.23. The van der Waals surface area contributed by atoms with Crippen LogP contribution >= 0.6 is 0 Å². The second kappa shape index (κ2) is 7.72. The van der Waals surface area contributed by atoms with Crippen molar-refractivity contribution >= 4 is 5.96 Å². The molecule has 25 heavy (non-hydrogen) atoms. The van der Waals surface area contributed by atoms with E-state index in [2.05, 4.69) is 33.6 Å². The normalized spacial score (nSPS) is 18.2. The molecular weight excluding hydrogens is 316 g/mol. The number of aryl methyl sites for hydroxylation is 3.